The third-order valence-corrected chi connectivity index (χ3v) is 6.03. The molecule has 1 amide bonds. The van der Waals surface area contributed by atoms with Gasteiger partial charge in [0.2, 0.25) is 0 Å². The molecule has 33 heavy (non-hydrogen) atoms. The molecule has 5 rings (SSSR count). The second kappa shape index (κ2) is 8.94. The third-order valence-electron chi connectivity index (χ3n) is 6.03. The highest BCUT2D eigenvalue weighted by atomic mass is 16.5. The van der Waals surface area contributed by atoms with Crippen LogP contribution in [0, 0.1) is 0 Å². The molecular formula is C26H26N4O3. The van der Waals surface area contributed by atoms with Crippen LogP contribution in [0.2, 0.25) is 0 Å². The van der Waals surface area contributed by atoms with E-state index in [2.05, 4.69) is 10.4 Å². The highest BCUT2D eigenvalue weighted by molar-refractivity contribution is 6.04. The normalized spacial score (nSPS) is 13.0. The summed E-state index contributed by atoms with van der Waals surface area (Å²) in [7, 11) is 0. The first-order chi connectivity index (χ1) is 16.1. The molecule has 1 aliphatic carbocycles. The first-order valence-electron chi connectivity index (χ1n) is 11.3. The lowest BCUT2D eigenvalue weighted by Gasteiger charge is -2.10. The van der Waals surface area contributed by atoms with Crippen LogP contribution in [0.4, 0.5) is 5.69 Å². The molecule has 0 spiro atoms. The lowest BCUT2D eigenvalue weighted by Crippen LogP contribution is -2.23. The molecule has 2 aromatic carbocycles. The summed E-state index contributed by atoms with van der Waals surface area (Å²) in [6.07, 6.45) is 7.72. The summed E-state index contributed by atoms with van der Waals surface area (Å²) in [6, 6.07) is 14.6. The van der Waals surface area contributed by atoms with E-state index in [9.17, 15) is 9.59 Å². The third kappa shape index (κ3) is 4.26. The van der Waals surface area contributed by atoms with Gasteiger partial charge >= 0.3 is 0 Å². The van der Waals surface area contributed by atoms with E-state index in [0.717, 1.165) is 48.3 Å². The van der Waals surface area contributed by atoms with E-state index in [1.165, 1.54) is 0 Å². The molecule has 0 bridgehead atoms. The van der Waals surface area contributed by atoms with Crippen LogP contribution < -0.4 is 15.6 Å². The van der Waals surface area contributed by atoms with Gasteiger partial charge in [0, 0.05) is 29.2 Å². The van der Waals surface area contributed by atoms with Gasteiger partial charge in [-0.1, -0.05) is 12.1 Å². The van der Waals surface area contributed by atoms with Crippen LogP contribution in [0.5, 0.6) is 5.75 Å². The molecule has 0 saturated carbocycles. The highest BCUT2D eigenvalue weighted by Gasteiger charge is 2.19. The second-order valence-electron chi connectivity index (χ2n) is 8.27. The van der Waals surface area contributed by atoms with Crippen molar-refractivity contribution in [3.8, 4) is 5.75 Å². The number of hydrogen-bond donors (Lipinski definition) is 1. The van der Waals surface area contributed by atoms with E-state index in [-0.39, 0.29) is 11.5 Å². The summed E-state index contributed by atoms with van der Waals surface area (Å²) in [5.74, 6) is 0.583. The zero-order valence-corrected chi connectivity index (χ0v) is 18.6. The number of nitrogens with zero attached hydrogens (tertiary/aromatic N) is 3. The van der Waals surface area contributed by atoms with Gasteiger partial charge in [-0.25, -0.2) is 4.52 Å². The van der Waals surface area contributed by atoms with E-state index >= 15 is 0 Å². The molecule has 0 aliphatic heterocycles. The number of benzene rings is 2. The maximum Gasteiger partial charge on any atom is 0.277 e. The van der Waals surface area contributed by atoms with Gasteiger partial charge in [-0.05, 0) is 74.6 Å². The topological polar surface area (TPSA) is 77.6 Å². The summed E-state index contributed by atoms with van der Waals surface area (Å²) >= 11 is 0. The van der Waals surface area contributed by atoms with Crippen LogP contribution in [0.1, 0.15) is 46.9 Å². The van der Waals surface area contributed by atoms with Crippen LogP contribution in [0.3, 0.4) is 0 Å². The molecule has 0 radical (unpaired) electrons. The quantitative estimate of drug-likeness (QED) is 0.488. The molecule has 4 aromatic rings. The molecule has 2 heterocycles. The van der Waals surface area contributed by atoms with Crippen molar-refractivity contribution in [2.24, 2.45) is 0 Å². The predicted octanol–water partition coefficient (Wildman–Crippen LogP) is 4.07. The number of anilines is 1. The lowest BCUT2D eigenvalue weighted by molar-refractivity contribution is 0.102. The zero-order chi connectivity index (χ0) is 22.8. The van der Waals surface area contributed by atoms with Crippen LogP contribution in [0.25, 0.3) is 5.52 Å². The van der Waals surface area contributed by atoms with E-state index in [4.69, 9.17) is 4.74 Å². The number of carbonyl (C=O) groups is 1. The molecule has 0 atom stereocenters. The molecular weight excluding hydrogens is 416 g/mol. The van der Waals surface area contributed by atoms with E-state index in [1.807, 2.05) is 49.5 Å². The fourth-order valence-electron chi connectivity index (χ4n) is 4.34. The summed E-state index contributed by atoms with van der Waals surface area (Å²) in [6.45, 7) is 2.97. The average molecular weight is 443 g/mol. The number of hydrogen-bond acceptors (Lipinski definition) is 4. The molecule has 0 saturated heterocycles. The summed E-state index contributed by atoms with van der Waals surface area (Å²) in [4.78, 5) is 25.7. The molecule has 168 valence electrons. The second-order valence-corrected chi connectivity index (χ2v) is 8.27. The first kappa shape index (κ1) is 21.0. The number of fused-ring (bicyclic) bond motifs is 3. The van der Waals surface area contributed by atoms with Crippen LogP contribution in [-0.4, -0.2) is 26.7 Å². The number of aryl methyl sites for hydroxylation is 2. The summed E-state index contributed by atoms with van der Waals surface area (Å²) < 4.78 is 8.86. The van der Waals surface area contributed by atoms with E-state index in [0.29, 0.717) is 29.9 Å². The number of ether oxygens (including phenoxy) is 1. The van der Waals surface area contributed by atoms with Crippen LogP contribution in [0.15, 0.2) is 65.7 Å². The summed E-state index contributed by atoms with van der Waals surface area (Å²) in [5, 5.41) is 7.49. The number of nitrogens with one attached hydrogen (secondary N) is 1. The Labute approximate surface area is 191 Å². The molecule has 1 N–H and O–H groups in total. The van der Waals surface area contributed by atoms with E-state index in [1.54, 1.807) is 27.4 Å². The average Bonchev–Trinajstić information content (AvgIpc) is 3.22. The van der Waals surface area contributed by atoms with E-state index < -0.39 is 0 Å². The highest BCUT2D eigenvalue weighted by Crippen LogP contribution is 2.23. The standard InChI is InChI=1S/C26H26N4O3/c1-2-33-21-13-11-20(12-14-21)27-25(31)19-9-7-18(8-10-19)17-29-15-16-30-24(26(29)32)22-5-3-4-6-23(22)28-30/h7-16H,2-6,17H2,1H3,(H,27,31). The molecule has 1 aliphatic rings. The van der Waals surface area contributed by atoms with Gasteiger partial charge < -0.3 is 14.6 Å². The minimum atomic E-state index is -0.185. The van der Waals surface area contributed by atoms with Crippen molar-refractivity contribution in [2.75, 3.05) is 11.9 Å². The Bertz CT molecular complexity index is 1350. The SMILES string of the molecule is CCOc1ccc(NC(=O)c2ccc(Cn3ccn4nc5c(c4c3=O)CCCC5)cc2)cc1. The van der Waals surface area contributed by atoms with Crippen molar-refractivity contribution in [3.63, 3.8) is 0 Å². The lowest BCUT2D eigenvalue weighted by atomic mass is 9.97. The van der Waals surface area contributed by atoms with Crippen LogP contribution in [-0.2, 0) is 19.4 Å². The molecule has 2 aromatic heterocycles. The number of aromatic nitrogens is 3. The van der Waals surface area contributed by atoms with Gasteiger partial charge in [-0.3, -0.25) is 9.59 Å². The molecule has 7 heteroatoms. The van der Waals surface area contributed by atoms with Crippen molar-refractivity contribution in [1.82, 2.24) is 14.2 Å². The van der Waals surface area contributed by atoms with Crippen molar-refractivity contribution >= 4 is 17.1 Å². The maximum absolute atomic E-state index is 13.1. The number of amides is 1. The first-order valence-corrected chi connectivity index (χ1v) is 11.3. The Hall–Kier alpha value is -3.87. The predicted molar refractivity (Wildman–Crippen MR) is 127 cm³/mol. The van der Waals surface area contributed by atoms with Gasteiger partial charge in [0.05, 0.1) is 18.8 Å². The van der Waals surface area contributed by atoms with Gasteiger partial charge in [-0.2, -0.15) is 5.10 Å². The Balaban J connectivity index is 1.30. The Morgan fingerprint density at radius 2 is 1.79 bits per heavy atom. The van der Waals surface area contributed by atoms with Crippen LogP contribution >= 0.6 is 0 Å². The number of rotatable bonds is 6. The van der Waals surface area contributed by atoms with Crippen molar-refractivity contribution in [1.29, 1.82) is 0 Å². The van der Waals surface area contributed by atoms with Gasteiger partial charge in [0.25, 0.3) is 11.5 Å². The fourth-order valence-corrected chi connectivity index (χ4v) is 4.34. The van der Waals surface area contributed by atoms with Gasteiger partial charge in [0.1, 0.15) is 11.3 Å². The smallest absolute Gasteiger partial charge is 0.277 e. The van der Waals surface area contributed by atoms with Gasteiger partial charge in [0.15, 0.2) is 0 Å². The van der Waals surface area contributed by atoms with Crippen molar-refractivity contribution in [2.45, 2.75) is 39.2 Å². The maximum atomic E-state index is 13.1. The largest absolute Gasteiger partial charge is 0.494 e. The Morgan fingerprint density at radius 1 is 1.03 bits per heavy atom. The monoisotopic (exact) mass is 442 g/mol. The fraction of sp³-hybridized carbons (Fsp3) is 0.269. The molecule has 0 unspecified atom stereocenters. The van der Waals surface area contributed by atoms with Crippen molar-refractivity contribution in [3.05, 3.63) is 93.7 Å². The molecule has 0 fully saturated rings. The minimum Gasteiger partial charge on any atom is -0.494 e. The minimum absolute atomic E-state index is 0.0227. The zero-order valence-electron chi connectivity index (χ0n) is 18.6. The summed E-state index contributed by atoms with van der Waals surface area (Å²) in [5.41, 5.74) is 5.04. The van der Waals surface area contributed by atoms with Gasteiger partial charge in [-0.15, -0.1) is 0 Å². The molecule has 7 nitrogen and oxygen atoms in total. The number of carbonyl (C=O) groups excluding carboxylic acids is 1. The Kier molecular flexibility index (Phi) is 5.69. The van der Waals surface area contributed by atoms with Crippen molar-refractivity contribution < 1.29 is 9.53 Å². The Morgan fingerprint density at radius 3 is 2.55 bits per heavy atom.